The molecule has 0 aromatic heterocycles. The zero-order valence-corrected chi connectivity index (χ0v) is 8.91. The van der Waals surface area contributed by atoms with Crippen molar-refractivity contribution in [3.63, 3.8) is 0 Å². The molecule has 1 aromatic carbocycles. The number of phenols is 1. The average Bonchev–Trinajstić information content (AvgIpc) is 2.91. The van der Waals surface area contributed by atoms with Crippen molar-refractivity contribution < 1.29 is 9.90 Å². The second-order valence-electron chi connectivity index (χ2n) is 3.40. The van der Waals surface area contributed by atoms with E-state index in [1.54, 1.807) is 24.3 Å². The van der Waals surface area contributed by atoms with Gasteiger partial charge in [-0.15, -0.1) is 0 Å². The van der Waals surface area contributed by atoms with Crippen LogP contribution in [0.4, 0.5) is 0 Å². The van der Waals surface area contributed by atoms with E-state index in [9.17, 15) is 9.90 Å². The first-order valence-electron chi connectivity index (χ1n) is 4.26. The minimum atomic E-state index is -0.504. The number of rotatable bonds is 2. The van der Waals surface area contributed by atoms with E-state index in [0.29, 0.717) is 5.56 Å². The third-order valence-electron chi connectivity index (χ3n) is 2.44. The van der Waals surface area contributed by atoms with Crippen LogP contribution in [0.15, 0.2) is 27.7 Å². The quantitative estimate of drug-likeness (QED) is 0.651. The second kappa shape index (κ2) is 3.23. The molecule has 3 nitrogen and oxygen atoms in total. The number of isocyanates is 1. The molecule has 0 spiro atoms. The standard InChI is InChI=1S/C10H8BrNO2/c11-7-1-2-9(14)8(5-7)10(3-4-10)12-6-13/h1-2,5,14H,3-4H2. The van der Waals surface area contributed by atoms with Crippen molar-refractivity contribution >= 4 is 22.0 Å². The number of carbonyl (C=O) groups excluding carboxylic acids is 1. The summed E-state index contributed by atoms with van der Waals surface area (Å²) in [7, 11) is 0. The first kappa shape index (κ1) is 9.44. The Morgan fingerprint density at radius 2 is 2.21 bits per heavy atom. The number of aliphatic imine (C=N–C) groups is 1. The minimum Gasteiger partial charge on any atom is -0.508 e. The summed E-state index contributed by atoms with van der Waals surface area (Å²) in [4.78, 5) is 14.0. The molecule has 1 fully saturated rings. The van der Waals surface area contributed by atoms with Crippen LogP contribution in [0.5, 0.6) is 5.75 Å². The van der Waals surface area contributed by atoms with Crippen molar-refractivity contribution in [2.45, 2.75) is 18.4 Å². The van der Waals surface area contributed by atoms with Gasteiger partial charge in [0, 0.05) is 10.0 Å². The Morgan fingerprint density at radius 3 is 2.79 bits per heavy atom. The summed E-state index contributed by atoms with van der Waals surface area (Å²) in [6.07, 6.45) is 3.16. The largest absolute Gasteiger partial charge is 0.508 e. The fourth-order valence-electron chi connectivity index (χ4n) is 1.53. The first-order chi connectivity index (χ1) is 6.68. The molecule has 0 atom stereocenters. The molecule has 0 saturated heterocycles. The maximum Gasteiger partial charge on any atom is 0.235 e. The van der Waals surface area contributed by atoms with Gasteiger partial charge in [0.05, 0.1) is 0 Å². The predicted molar refractivity (Wildman–Crippen MR) is 54.8 cm³/mol. The van der Waals surface area contributed by atoms with Gasteiger partial charge < -0.3 is 5.11 Å². The van der Waals surface area contributed by atoms with Crippen LogP contribution < -0.4 is 0 Å². The van der Waals surface area contributed by atoms with Crippen molar-refractivity contribution in [2.24, 2.45) is 4.99 Å². The highest BCUT2D eigenvalue weighted by atomic mass is 79.9. The third-order valence-corrected chi connectivity index (χ3v) is 2.94. The van der Waals surface area contributed by atoms with Gasteiger partial charge in [-0.1, -0.05) is 15.9 Å². The lowest BCUT2D eigenvalue weighted by atomic mass is 10.0. The smallest absolute Gasteiger partial charge is 0.235 e. The number of hydrogen-bond acceptors (Lipinski definition) is 3. The molecule has 0 bridgehead atoms. The van der Waals surface area contributed by atoms with Crippen LogP contribution >= 0.6 is 15.9 Å². The molecule has 4 heteroatoms. The molecule has 1 N–H and O–H groups in total. The van der Waals surface area contributed by atoms with Crippen LogP contribution in [-0.4, -0.2) is 11.2 Å². The summed E-state index contributed by atoms with van der Waals surface area (Å²) in [6.45, 7) is 0. The molecule has 14 heavy (non-hydrogen) atoms. The highest BCUT2D eigenvalue weighted by Crippen LogP contribution is 2.52. The van der Waals surface area contributed by atoms with Crippen LogP contribution in [0.1, 0.15) is 18.4 Å². The molecular weight excluding hydrogens is 246 g/mol. The Kier molecular flexibility index (Phi) is 2.17. The molecule has 1 saturated carbocycles. The van der Waals surface area contributed by atoms with Crippen LogP contribution in [0.25, 0.3) is 0 Å². The molecular formula is C10H8BrNO2. The lowest BCUT2D eigenvalue weighted by Crippen LogP contribution is -2.02. The Labute approximate surface area is 89.6 Å². The third kappa shape index (κ3) is 1.47. The van der Waals surface area contributed by atoms with Crippen LogP contribution in [0, 0.1) is 0 Å². The summed E-state index contributed by atoms with van der Waals surface area (Å²) < 4.78 is 0.873. The Hall–Kier alpha value is -1.12. The molecule has 0 unspecified atom stereocenters. The van der Waals surface area contributed by atoms with Crippen molar-refractivity contribution in [3.8, 4) is 5.75 Å². The van der Waals surface area contributed by atoms with E-state index >= 15 is 0 Å². The van der Waals surface area contributed by atoms with E-state index < -0.39 is 5.54 Å². The Morgan fingerprint density at radius 1 is 1.50 bits per heavy atom. The van der Waals surface area contributed by atoms with Crippen LogP contribution in [0.2, 0.25) is 0 Å². The SMILES string of the molecule is O=C=NC1(c2cc(Br)ccc2O)CC1. The molecule has 1 aromatic rings. The van der Waals surface area contributed by atoms with Gasteiger partial charge in [-0.2, -0.15) is 4.99 Å². The zero-order chi connectivity index (χ0) is 10.2. The average molecular weight is 254 g/mol. The van der Waals surface area contributed by atoms with Gasteiger partial charge in [0.2, 0.25) is 6.08 Å². The molecule has 72 valence electrons. The van der Waals surface area contributed by atoms with E-state index in [4.69, 9.17) is 0 Å². The van der Waals surface area contributed by atoms with Gasteiger partial charge in [0.25, 0.3) is 0 Å². The fraction of sp³-hybridized carbons (Fsp3) is 0.300. The Balaban J connectivity index is 2.50. The lowest BCUT2D eigenvalue weighted by Gasteiger charge is -2.10. The maximum atomic E-state index is 10.2. The van der Waals surface area contributed by atoms with Crippen molar-refractivity contribution in [2.75, 3.05) is 0 Å². The first-order valence-corrected chi connectivity index (χ1v) is 5.05. The normalized spacial score (nSPS) is 17.2. The Bertz CT molecular complexity index is 420. The molecule has 0 radical (unpaired) electrons. The molecule has 0 heterocycles. The van der Waals surface area contributed by atoms with Gasteiger partial charge in [-0.3, -0.25) is 0 Å². The number of nitrogens with zero attached hydrogens (tertiary/aromatic N) is 1. The predicted octanol–water partition coefficient (Wildman–Crippen LogP) is 2.48. The van der Waals surface area contributed by atoms with E-state index in [1.165, 1.54) is 0 Å². The molecule has 1 aliphatic carbocycles. The lowest BCUT2D eigenvalue weighted by molar-refractivity contribution is 0.459. The number of benzene rings is 1. The molecule has 0 amide bonds. The summed E-state index contributed by atoms with van der Waals surface area (Å²) in [5.41, 5.74) is 0.200. The second-order valence-corrected chi connectivity index (χ2v) is 4.31. The summed E-state index contributed by atoms with van der Waals surface area (Å²) in [6, 6.07) is 5.14. The maximum absolute atomic E-state index is 10.2. The van der Waals surface area contributed by atoms with Crippen molar-refractivity contribution in [1.29, 1.82) is 0 Å². The number of aromatic hydroxyl groups is 1. The number of hydrogen-bond donors (Lipinski definition) is 1. The number of phenolic OH excluding ortho intramolecular Hbond substituents is 1. The van der Waals surface area contributed by atoms with E-state index in [2.05, 4.69) is 20.9 Å². The van der Waals surface area contributed by atoms with Crippen LogP contribution in [-0.2, 0) is 10.3 Å². The summed E-state index contributed by atoms with van der Waals surface area (Å²) in [5, 5.41) is 9.63. The van der Waals surface area contributed by atoms with Gasteiger partial charge in [0.1, 0.15) is 11.3 Å². The topological polar surface area (TPSA) is 49.7 Å². The van der Waals surface area contributed by atoms with E-state index in [1.807, 2.05) is 0 Å². The fourth-order valence-corrected chi connectivity index (χ4v) is 1.89. The zero-order valence-electron chi connectivity index (χ0n) is 7.33. The summed E-state index contributed by atoms with van der Waals surface area (Å²) in [5.74, 6) is 0.185. The monoisotopic (exact) mass is 253 g/mol. The van der Waals surface area contributed by atoms with Crippen molar-refractivity contribution in [1.82, 2.24) is 0 Å². The highest BCUT2D eigenvalue weighted by molar-refractivity contribution is 9.10. The highest BCUT2D eigenvalue weighted by Gasteiger charge is 2.46. The minimum absolute atomic E-state index is 0.185. The van der Waals surface area contributed by atoms with Gasteiger partial charge in [-0.25, -0.2) is 4.79 Å². The van der Waals surface area contributed by atoms with E-state index in [0.717, 1.165) is 17.3 Å². The molecule has 0 aliphatic heterocycles. The van der Waals surface area contributed by atoms with Crippen LogP contribution in [0.3, 0.4) is 0 Å². The van der Waals surface area contributed by atoms with Crippen molar-refractivity contribution in [3.05, 3.63) is 28.2 Å². The molecule has 1 aliphatic rings. The van der Waals surface area contributed by atoms with Gasteiger partial charge >= 0.3 is 0 Å². The van der Waals surface area contributed by atoms with E-state index in [-0.39, 0.29) is 5.75 Å². The van der Waals surface area contributed by atoms with Gasteiger partial charge in [0.15, 0.2) is 0 Å². The summed E-state index contributed by atoms with van der Waals surface area (Å²) >= 11 is 3.32. The van der Waals surface area contributed by atoms with Gasteiger partial charge in [-0.05, 0) is 31.0 Å². The molecule has 2 rings (SSSR count). The number of halogens is 1.